The molecule has 20 heavy (non-hydrogen) atoms. The first-order valence-electron chi connectivity index (χ1n) is 7.22. The van der Waals surface area contributed by atoms with Gasteiger partial charge in [-0.1, -0.05) is 12.1 Å². The first-order valence-corrected chi connectivity index (χ1v) is 7.22. The van der Waals surface area contributed by atoms with E-state index in [1.165, 1.54) is 0 Å². The highest BCUT2D eigenvalue weighted by atomic mass is 16.5. The molecular weight excluding hydrogens is 252 g/mol. The fraction of sp³-hybridized carbons (Fsp3) is 0.533. The number of hydrogen-bond donors (Lipinski definition) is 1. The van der Waals surface area contributed by atoms with Gasteiger partial charge in [0.25, 0.3) is 0 Å². The van der Waals surface area contributed by atoms with E-state index in [0.29, 0.717) is 6.04 Å². The van der Waals surface area contributed by atoms with Gasteiger partial charge in [-0.25, -0.2) is 4.98 Å². The molecule has 5 nitrogen and oxygen atoms in total. The third-order valence-corrected chi connectivity index (χ3v) is 3.80. The predicted molar refractivity (Wildman–Crippen MR) is 81.1 cm³/mol. The van der Waals surface area contributed by atoms with Crippen LogP contribution in [0.25, 0.3) is 11.0 Å². The average molecular weight is 274 g/mol. The molecule has 1 N–H and O–H groups in total. The summed E-state index contributed by atoms with van der Waals surface area (Å²) in [7, 11) is 2.05. The maximum Gasteiger partial charge on any atom is 0.203 e. The second-order valence-electron chi connectivity index (χ2n) is 5.44. The first kappa shape index (κ1) is 13.4. The summed E-state index contributed by atoms with van der Waals surface area (Å²) < 4.78 is 7.50. The summed E-state index contributed by atoms with van der Waals surface area (Å²) in [5, 5.41) is 3.52. The van der Waals surface area contributed by atoms with Crippen LogP contribution in [0.1, 0.15) is 6.92 Å². The monoisotopic (exact) mass is 274 g/mol. The molecule has 1 aromatic carbocycles. The fourth-order valence-corrected chi connectivity index (χ4v) is 2.71. The number of morpholine rings is 1. The Kier molecular flexibility index (Phi) is 3.89. The molecule has 0 radical (unpaired) electrons. The van der Waals surface area contributed by atoms with Crippen molar-refractivity contribution in [2.75, 3.05) is 38.2 Å². The molecule has 2 aromatic rings. The molecule has 1 aromatic heterocycles. The Hall–Kier alpha value is -1.59. The van der Waals surface area contributed by atoms with Gasteiger partial charge in [0.15, 0.2) is 0 Å². The lowest BCUT2D eigenvalue weighted by Crippen LogP contribution is -2.42. The van der Waals surface area contributed by atoms with Gasteiger partial charge in [0.05, 0.1) is 24.2 Å². The average Bonchev–Trinajstić information content (AvgIpc) is 2.77. The molecular formula is C15H22N4O. The first-order chi connectivity index (χ1) is 9.74. The number of nitrogens with one attached hydrogen (secondary N) is 1. The van der Waals surface area contributed by atoms with E-state index < -0.39 is 0 Å². The number of aryl methyl sites for hydroxylation is 1. The Bertz CT molecular complexity index is 574. The molecule has 1 saturated heterocycles. The number of benzene rings is 1. The summed E-state index contributed by atoms with van der Waals surface area (Å²) in [6, 6.07) is 8.58. The van der Waals surface area contributed by atoms with Crippen molar-refractivity contribution >= 4 is 17.0 Å². The Labute approximate surface area is 119 Å². The van der Waals surface area contributed by atoms with Gasteiger partial charge in [-0.3, -0.25) is 4.90 Å². The van der Waals surface area contributed by atoms with Crippen LogP contribution >= 0.6 is 0 Å². The second-order valence-corrected chi connectivity index (χ2v) is 5.44. The van der Waals surface area contributed by atoms with Gasteiger partial charge < -0.3 is 14.6 Å². The molecule has 5 heteroatoms. The maximum absolute atomic E-state index is 5.38. The van der Waals surface area contributed by atoms with Crippen LogP contribution in [0.4, 0.5) is 5.95 Å². The van der Waals surface area contributed by atoms with Crippen LogP contribution in [0.3, 0.4) is 0 Å². The number of fused-ring (bicyclic) bond motifs is 1. The molecule has 0 bridgehead atoms. The summed E-state index contributed by atoms with van der Waals surface area (Å²) in [4.78, 5) is 7.09. The highest BCUT2D eigenvalue weighted by Crippen LogP contribution is 2.18. The molecule has 108 valence electrons. The second kappa shape index (κ2) is 5.81. The normalized spacial score (nSPS) is 18.3. The maximum atomic E-state index is 5.38. The highest BCUT2D eigenvalue weighted by molar-refractivity contribution is 5.78. The summed E-state index contributed by atoms with van der Waals surface area (Å²) >= 11 is 0. The number of anilines is 1. The van der Waals surface area contributed by atoms with Gasteiger partial charge in [0.1, 0.15) is 0 Å². The van der Waals surface area contributed by atoms with Crippen molar-refractivity contribution in [3.8, 4) is 0 Å². The Balaban J connectivity index is 1.67. The van der Waals surface area contributed by atoms with Crippen LogP contribution in [-0.4, -0.2) is 53.3 Å². The minimum absolute atomic E-state index is 0.364. The Morgan fingerprint density at radius 1 is 1.30 bits per heavy atom. The van der Waals surface area contributed by atoms with Gasteiger partial charge in [0, 0.05) is 32.7 Å². The van der Waals surface area contributed by atoms with Gasteiger partial charge in [-0.15, -0.1) is 0 Å². The number of aromatic nitrogens is 2. The predicted octanol–water partition coefficient (Wildman–Crippen LogP) is 1.71. The van der Waals surface area contributed by atoms with Crippen LogP contribution in [0.5, 0.6) is 0 Å². The molecule has 1 unspecified atom stereocenters. The number of rotatable bonds is 4. The van der Waals surface area contributed by atoms with E-state index in [0.717, 1.165) is 49.8 Å². The topological polar surface area (TPSA) is 42.3 Å². The smallest absolute Gasteiger partial charge is 0.203 e. The van der Waals surface area contributed by atoms with Crippen LogP contribution in [0, 0.1) is 0 Å². The lowest BCUT2D eigenvalue weighted by atomic mass is 10.3. The molecule has 1 atom stereocenters. The third-order valence-electron chi connectivity index (χ3n) is 3.80. The van der Waals surface area contributed by atoms with Crippen molar-refractivity contribution in [1.82, 2.24) is 14.5 Å². The molecule has 1 aliphatic heterocycles. The van der Waals surface area contributed by atoms with Gasteiger partial charge in [0.2, 0.25) is 5.95 Å². The van der Waals surface area contributed by atoms with E-state index in [1.807, 2.05) is 18.2 Å². The standard InChI is InChI=1S/C15H22N4O/c1-12(11-19-7-9-20-10-8-19)16-15-17-13-5-3-4-6-14(13)18(15)2/h3-6,12H,7-11H2,1-2H3,(H,16,17). The highest BCUT2D eigenvalue weighted by Gasteiger charge is 2.15. The summed E-state index contributed by atoms with van der Waals surface area (Å²) in [6.07, 6.45) is 0. The third kappa shape index (κ3) is 2.78. The molecule has 0 amide bonds. The largest absolute Gasteiger partial charge is 0.379 e. The lowest BCUT2D eigenvalue weighted by molar-refractivity contribution is 0.0367. The van der Waals surface area contributed by atoms with Gasteiger partial charge in [-0.05, 0) is 19.1 Å². The quantitative estimate of drug-likeness (QED) is 0.921. The summed E-state index contributed by atoms with van der Waals surface area (Å²) in [5.74, 6) is 0.937. The lowest BCUT2D eigenvalue weighted by Gasteiger charge is -2.29. The van der Waals surface area contributed by atoms with Crippen molar-refractivity contribution in [2.45, 2.75) is 13.0 Å². The number of para-hydroxylation sites is 2. The zero-order chi connectivity index (χ0) is 13.9. The van der Waals surface area contributed by atoms with Crippen LogP contribution in [0.2, 0.25) is 0 Å². The van der Waals surface area contributed by atoms with E-state index in [1.54, 1.807) is 0 Å². The van der Waals surface area contributed by atoms with E-state index >= 15 is 0 Å². The minimum atomic E-state index is 0.364. The van der Waals surface area contributed by atoms with Gasteiger partial charge >= 0.3 is 0 Å². The number of imidazole rings is 1. The van der Waals surface area contributed by atoms with E-state index in [2.05, 4.69) is 39.8 Å². The Morgan fingerprint density at radius 2 is 2.05 bits per heavy atom. The van der Waals surface area contributed by atoms with Crippen LogP contribution in [-0.2, 0) is 11.8 Å². The zero-order valence-corrected chi connectivity index (χ0v) is 12.2. The fourth-order valence-electron chi connectivity index (χ4n) is 2.71. The Morgan fingerprint density at radius 3 is 2.80 bits per heavy atom. The zero-order valence-electron chi connectivity index (χ0n) is 12.2. The van der Waals surface area contributed by atoms with Crippen LogP contribution < -0.4 is 5.32 Å². The van der Waals surface area contributed by atoms with E-state index in [4.69, 9.17) is 4.74 Å². The SMILES string of the molecule is CC(CN1CCOCC1)Nc1nc2ccccc2n1C. The van der Waals surface area contributed by atoms with E-state index in [9.17, 15) is 0 Å². The van der Waals surface area contributed by atoms with Crippen LogP contribution in [0.15, 0.2) is 24.3 Å². The molecule has 0 saturated carbocycles. The minimum Gasteiger partial charge on any atom is -0.379 e. The van der Waals surface area contributed by atoms with Crippen molar-refractivity contribution in [3.63, 3.8) is 0 Å². The van der Waals surface area contributed by atoms with Crippen molar-refractivity contribution in [2.24, 2.45) is 7.05 Å². The van der Waals surface area contributed by atoms with E-state index in [-0.39, 0.29) is 0 Å². The molecule has 1 aliphatic rings. The van der Waals surface area contributed by atoms with Crippen molar-refractivity contribution < 1.29 is 4.74 Å². The molecule has 3 rings (SSSR count). The molecule has 0 aliphatic carbocycles. The number of hydrogen-bond acceptors (Lipinski definition) is 4. The number of nitrogens with zero attached hydrogens (tertiary/aromatic N) is 3. The molecule has 1 fully saturated rings. The molecule has 0 spiro atoms. The van der Waals surface area contributed by atoms with Gasteiger partial charge in [-0.2, -0.15) is 0 Å². The van der Waals surface area contributed by atoms with Crippen molar-refractivity contribution in [3.05, 3.63) is 24.3 Å². The van der Waals surface area contributed by atoms with Crippen molar-refractivity contribution in [1.29, 1.82) is 0 Å². The number of ether oxygens (including phenoxy) is 1. The summed E-state index contributed by atoms with van der Waals surface area (Å²) in [5.41, 5.74) is 2.20. The molecule has 2 heterocycles. The summed E-state index contributed by atoms with van der Waals surface area (Å²) in [6.45, 7) is 6.96.